The summed E-state index contributed by atoms with van der Waals surface area (Å²) in [6, 6.07) is 9.03. The molecule has 0 amide bonds. The average Bonchev–Trinajstić information content (AvgIpc) is 2.46. The summed E-state index contributed by atoms with van der Waals surface area (Å²) in [5.41, 5.74) is 1.20. The highest BCUT2D eigenvalue weighted by Gasteiger charge is 2.20. The first-order chi connectivity index (χ1) is 9.31. The van der Waals surface area contributed by atoms with E-state index in [2.05, 4.69) is 37.4 Å². The Morgan fingerprint density at radius 1 is 1.26 bits per heavy atom. The summed E-state index contributed by atoms with van der Waals surface area (Å²) in [6.45, 7) is 5.24. The van der Waals surface area contributed by atoms with Crippen LogP contribution in [0.5, 0.6) is 5.75 Å². The summed E-state index contributed by atoms with van der Waals surface area (Å²) in [5.74, 6) is 1.89. The first-order valence-corrected chi connectivity index (χ1v) is 7.81. The monoisotopic (exact) mass is 261 g/mol. The van der Waals surface area contributed by atoms with Gasteiger partial charge >= 0.3 is 0 Å². The second-order valence-corrected chi connectivity index (χ2v) is 5.66. The molecule has 2 heteroatoms. The molecule has 0 aliphatic heterocycles. The molecule has 0 heterocycles. The summed E-state index contributed by atoms with van der Waals surface area (Å²) >= 11 is 0. The summed E-state index contributed by atoms with van der Waals surface area (Å²) in [4.78, 5) is 0. The molecular formula is C17H27NO. The Hall–Kier alpha value is -1.18. The van der Waals surface area contributed by atoms with Gasteiger partial charge in [0.25, 0.3) is 0 Å². The van der Waals surface area contributed by atoms with Gasteiger partial charge in [-0.05, 0) is 37.3 Å². The average molecular weight is 261 g/mol. The van der Waals surface area contributed by atoms with Gasteiger partial charge in [0, 0.05) is 17.8 Å². The Bertz CT molecular complexity index is 377. The number of benzene rings is 1. The molecule has 2 nitrogen and oxygen atoms in total. The van der Waals surface area contributed by atoms with Crippen LogP contribution < -0.4 is 10.1 Å². The number of anilines is 1. The van der Waals surface area contributed by atoms with Gasteiger partial charge in [0.2, 0.25) is 0 Å². The summed E-state index contributed by atoms with van der Waals surface area (Å²) in [6.07, 6.45) is 7.76. The molecule has 2 atom stereocenters. The molecule has 2 unspecified atom stereocenters. The topological polar surface area (TPSA) is 21.3 Å². The third kappa shape index (κ3) is 4.45. The lowest BCUT2D eigenvalue weighted by Crippen LogP contribution is -2.27. The Morgan fingerprint density at radius 2 is 2.16 bits per heavy atom. The number of hydrogen-bond donors (Lipinski definition) is 1. The molecule has 0 spiro atoms. The second-order valence-electron chi connectivity index (χ2n) is 5.66. The van der Waals surface area contributed by atoms with Gasteiger partial charge in [-0.1, -0.05) is 39.2 Å². The van der Waals surface area contributed by atoms with Crippen molar-refractivity contribution < 1.29 is 4.74 Å². The van der Waals surface area contributed by atoms with Crippen LogP contribution in [0, 0.1) is 5.92 Å². The normalized spacial score (nSPS) is 23.1. The molecule has 106 valence electrons. The molecular weight excluding hydrogens is 234 g/mol. The zero-order valence-electron chi connectivity index (χ0n) is 12.3. The van der Waals surface area contributed by atoms with Crippen molar-refractivity contribution in [3.63, 3.8) is 0 Å². The van der Waals surface area contributed by atoms with Crippen LogP contribution in [-0.2, 0) is 0 Å². The van der Waals surface area contributed by atoms with Gasteiger partial charge < -0.3 is 10.1 Å². The lowest BCUT2D eigenvalue weighted by Gasteiger charge is -2.30. The van der Waals surface area contributed by atoms with Crippen LogP contribution >= 0.6 is 0 Å². The SMILES string of the molecule is CCCOc1cccc(NC2CCCC(CC)C2)c1. The highest BCUT2D eigenvalue weighted by Crippen LogP contribution is 2.29. The van der Waals surface area contributed by atoms with E-state index in [1.807, 2.05) is 6.07 Å². The molecule has 1 aliphatic carbocycles. The zero-order chi connectivity index (χ0) is 13.5. The third-order valence-corrected chi connectivity index (χ3v) is 4.04. The minimum atomic E-state index is 0.639. The number of ether oxygens (including phenoxy) is 1. The van der Waals surface area contributed by atoms with Gasteiger partial charge in [0.15, 0.2) is 0 Å². The molecule has 1 N–H and O–H groups in total. The second kappa shape index (κ2) is 7.42. The standard InChI is InChI=1S/C17H27NO/c1-3-11-19-17-10-6-9-16(13-17)18-15-8-5-7-14(4-2)12-15/h6,9-10,13-15,18H,3-5,7-8,11-12H2,1-2H3. The van der Waals surface area contributed by atoms with Gasteiger partial charge in [0.05, 0.1) is 6.61 Å². The largest absolute Gasteiger partial charge is 0.494 e. The molecule has 0 aromatic heterocycles. The maximum atomic E-state index is 5.69. The lowest BCUT2D eigenvalue weighted by atomic mass is 9.84. The number of rotatable bonds is 6. The van der Waals surface area contributed by atoms with E-state index in [1.165, 1.54) is 37.8 Å². The fraction of sp³-hybridized carbons (Fsp3) is 0.647. The highest BCUT2D eigenvalue weighted by molar-refractivity contribution is 5.48. The maximum absolute atomic E-state index is 5.69. The van der Waals surface area contributed by atoms with Crippen LogP contribution in [0.3, 0.4) is 0 Å². The van der Waals surface area contributed by atoms with Crippen molar-refractivity contribution in [2.45, 2.75) is 58.4 Å². The van der Waals surface area contributed by atoms with E-state index in [9.17, 15) is 0 Å². The van der Waals surface area contributed by atoms with Crippen molar-refractivity contribution in [3.8, 4) is 5.75 Å². The molecule has 19 heavy (non-hydrogen) atoms. The number of nitrogens with one attached hydrogen (secondary N) is 1. The van der Waals surface area contributed by atoms with Gasteiger partial charge in [-0.15, -0.1) is 0 Å². The van der Waals surface area contributed by atoms with Gasteiger partial charge in [-0.2, -0.15) is 0 Å². The zero-order valence-corrected chi connectivity index (χ0v) is 12.3. The summed E-state index contributed by atoms with van der Waals surface area (Å²) < 4.78 is 5.69. The van der Waals surface area contributed by atoms with Crippen molar-refractivity contribution in [1.29, 1.82) is 0 Å². The lowest BCUT2D eigenvalue weighted by molar-refractivity contribution is 0.317. The Morgan fingerprint density at radius 3 is 2.95 bits per heavy atom. The van der Waals surface area contributed by atoms with Gasteiger partial charge in [-0.3, -0.25) is 0 Å². The van der Waals surface area contributed by atoms with E-state index in [0.717, 1.165) is 24.7 Å². The number of hydrogen-bond acceptors (Lipinski definition) is 2. The van der Waals surface area contributed by atoms with Crippen molar-refractivity contribution in [3.05, 3.63) is 24.3 Å². The molecule has 2 rings (SSSR count). The third-order valence-electron chi connectivity index (χ3n) is 4.04. The minimum absolute atomic E-state index is 0.639. The molecule has 1 fully saturated rings. The Balaban J connectivity index is 1.90. The molecule has 0 bridgehead atoms. The van der Waals surface area contributed by atoms with Gasteiger partial charge in [-0.25, -0.2) is 0 Å². The first kappa shape index (κ1) is 14.2. The quantitative estimate of drug-likeness (QED) is 0.790. The van der Waals surface area contributed by atoms with Crippen LogP contribution in [-0.4, -0.2) is 12.6 Å². The molecule has 1 aromatic rings. The van der Waals surface area contributed by atoms with E-state index in [-0.39, 0.29) is 0 Å². The fourth-order valence-corrected chi connectivity index (χ4v) is 2.92. The first-order valence-electron chi connectivity index (χ1n) is 7.81. The van der Waals surface area contributed by atoms with Crippen LogP contribution in [0.15, 0.2) is 24.3 Å². The van der Waals surface area contributed by atoms with E-state index < -0.39 is 0 Å². The van der Waals surface area contributed by atoms with Crippen LogP contribution in [0.4, 0.5) is 5.69 Å². The molecule has 1 aromatic carbocycles. The van der Waals surface area contributed by atoms with Crippen LogP contribution in [0.1, 0.15) is 52.4 Å². The van der Waals surface area contributed by atoms with Crippen LogP contribution in [0.25, 0.3) is 0 Å². The summed E-state index contributed by atoms with van der Waals surface area (Å²) in [5, 5.41) is 3.68. The smallest absolute Gasteiger partial charge is 0.121 e. The van der Waals surface area contributed by atoms with E-state index in [4.69, 9.17) is 4.74 Å². The van der Waals surface area contributed by atoms with Crippen molar-refractivity contribution in [1.82, 2.24) is 0 Å². The highest BCUT2D eigenvalue weighted by atomic mass is 16.5. The van der Waals surface area contributed by atoms with E-state index >= 15 is 0 Å². The molecule has 0 saturated heterocycles. The van der Waals surface area contributed by atoms with E-state index in [1.54, 1.807) is 0 Å². The molecule has 1 aliphatic rings. The van der Waals surface area contributed by atoms with Crippen molar-refractivity contribution in [2.75, 3.05) is 11.9 Å². The predicted octanol–water partition coefficient (Wildman–Crippen LogP) is 4.86. The van der Waals surface area contributed by atoms with Crippen molar-refractivity contribution >= 4 is 5.69 Å². The molecule has 0 radical (unpaired) electrons. The summed E-state index contributed by atoms with van der Waals surface area (Å²) in [7, 11) is 0. The van der Waals surface area contributed by atoms with E-state index in [0.29, 0.717) is 6.04 Å². The molecule has 1 saturated carbocycles. The van der Waals surface area contributed by atoms with Gasteiger partial charge in [0.1, 0.15) is 5.75 Å². The predicted molar refractivity (Wildman–Crippen MR) is 81.9 cm³/mol. The Kier molecular flexibility index (Phi) is 5.56. The van der Waals surface area contributed by atoms with Crippen LogP contribution in [0.2, 0.25) is 0 Å². The maximum Gasteiger partial charge on any atom is 0.121 e. The van der Waals surface area contributed by atoms with Crippen molar-refractivity contribution in [2.24, 2.45) is 5.92 Å². The fourth-order valence-electron chi connectivity index (χ4n) is 2.92. The Labute approximate surface area is 117 Å². The minimum Gasteiger partial charge on any atom is -0.494 e.